The lowest BCUT2D eigenvalue weighted by molar-refractivity contribution is -0.349. The van der Waals surface area contributed by atoms with Crippen molar-refractivity contribution < 1.29 is 119 Å². The molecule has 3 nitrogen and oxygen atoms in total. The lowest BCUT2D eigenvalue weighted by atomic mass is 10.1. The first-order valence-corrected chi connectivity index (χ1v) is 11.1. The summed E-state index contributed by atoms with van der Waals surface area (Å²) in [5, 5.41) is 0. The molecule has 0 spiro atoms. The van der Waals surface area contributed by atoms with Crippen LogP contribution in [0, 0.1) is 0 Å². The molecule has 0 atom stereocenters. The second-order valence-corrected chi connectivity index (χ2v) is 9.41. The Morgan fingerprint density at radius 1 is 0.349 bits per heavy atom. The molecule has 43 heavy (non-hydrogen) atoms. The molecule has 28 heteroatoms. The van der Waals surface area contributed by atoms with Gasteiger partial charge in [-0.25, -0.2) is 26.3 Å². The van der Waals surface area contributed by atoms with Crippen LogP contribution in [-0.2, 0) is 13.3 Å². The van der Waals surface area contributed by atoms with Gasteiger partial charge in [0.2, 0.25) is 0 Å². The average molecular weight is 722 g/mol. The molecule has 0 unspecified atom stereocenters. The normalized spacial score (nSPS) is 15.9. The van der Waals surface area contributed by atoms with Gasteiger partial charge in [0.25, 0.3) is 0 Å². The minimum absolute atomic E-state index is 3.21. The maximum Gasteiger partial charge on any atom is 0.484 e. The minimum atomic E-state index is -7.28. The molecule has 0 N–H and O–H groups in total. The zero-order valence-electron chi connectivity index (χ0n) is 19.2. The quantitative estimate of drug-likeness (QED) is 0.110. The predicted octanol–water partition coefficient (Wildman–Crippen LogP) is 7.27. The van der Waals surface area contributed by atoms with Crippen LogP contribution >= 0.6 is 0 Å². The summed E-state index contributed by atoms with van der Waals surface area (Å²) < 4.78 is 320. The van der Waals surface area contributed by atoms with E-state index in [0.717, 1.165) is 0 Å². The summed E-state index contributed by atoms with van der Waals surface area (Å²) in [4.78, 5) is 0. The topological polar surface area (TPSA) is 27.7 Å². The van der Waals surface area contributed by atoms with Crippen molar-refractivity contribution in [2.24, 2.45) is 0 Å². The Balaban J connectivity index is 6.36. The molecule has 0 aromatic rings. The second kappa shape index (κ2) is 12.7. The first kappa shape index (κ1) is 41.4. The summed E-state index contributed by atoms with van der Waals surface area (Å²) in [5.41, 5.74) is 0. The predicted molar refractivity (Wildman–Crippen MR) is 87.5 cm³/mol. The fourth-order valence-corrected chi connectivity index (χ4v) is 3.40. The Morgan fingerprint density at radius 2 is 0.512 bits per heavy atom. The summed E-state index contributed by atoms with van der Waals surface area (Å²) >= 11 is 0. The van der Waals surface area contributed by atoms with Crippen LogP contribution in [0.4, 0.5) is 105 Å². The summed E-state index contributed by atoms with van der Waals surface area (Å²) in [6.07, 6.45) is -16.9. The Labute approximate surface area is 222 Å². The van der Waals surface area contributed by atoms with Crippen molar-refractivity contribution in [3.63, 3.8) is 0 Å². The number of halogens is 24. The molecule has 0 rings (SSSR count). The third-order valence-electron chi connectivity index (χ3n) is 4.66. The largest absolute Gasteiger partial charge is 0.484 e. The molecule has 0 aliphatic carbocycles. The molecule has 0 saturated carbocycles. The van der Waals surface area contributed by atoms with Crippen LogP contribution < -0.4 is 0 Å². The fraction of sp³-hybridized carbons (Fsp3) is 1.00. The van der Waals surface area contributed by atoms with Crippen molar-refractivity contribution >= 4 is 9.53 Å². The van der Waals surface area contributed by atoms with Crippen molar-refractivity contribution in [1.82, 2.24) is 0 Å². The van der Waals surface area contributed by atoms with Gasteiger partial charge in [0.05, 0.1) is 0 Å². The van der Waals surface area contributed by atoms with Crippen LogP contribution in [0.2, 0.25) is 0 Å². The zero-order chi connectivity index (χ0) is 35.1. The molecule has 0 fully saturated rings. The number of hydrogen-bond donors (Lipinski definition) is 0. The molecule has 260 valence electrons. The molecule has 0 aromatic heterocycles. The number of rotatable bonds is 18. The first-order chi connectivity index (χ1) is 18.6. The van der Waals surface area contributed by atoms with E-state index in [9.17, 15) is 105 Å². The van der Waals surface area contributed by atoms with E-state index in [-0.39, 0.29) is 0 Å². The second-order valence-electron chi connectivity index (χ2n) is 7.83. The first-order valence-electron chi connectivity index (χ1n) is 9.71. The molecule has 0 saturated heterocycles. The molecular formula is C15H10F24O3Si. The van der Waals surface area contributed by atoms with Crippen LogP contribution in [0.5, 0.6) is 0 Å². The van der Waals surface area contributed by atoms with Crippen molar-refractivity contribution in [3.05, 3.63) is 0 Å². The van der Waals surface area contributed by atoms with Crippen LogP contribution in [0.25, 0.3) is 0 Å². The molecule has 0 aliphatic heterocycles. The maximum absolute atomic E-state index is 13.6. The molecular weight excluding hydrogens is 712 g/mol. The highest BCUT2D eigenvalue weighted by Gasteiger charge is 2.78. The van der Waals surface area contributed by atoms with Gasteiger partial charge in [-0.1, -0.05) is 0 Å². The zero-order valence-corrected chi connectivity index (χ0v) is 20.4. The van der Waals surface area contributed by atoms with Gasteiger partial charge in [-0.05, 0) is 0 Å². The Bertz CT molecular complexity index is 792. The molecule has 0 radical (unpaired) electrons. The van der Waals surface area contributed by atoms with Gasteiger partial charge in [0, 0.05) is 0 Å². The van der Waals surface area contributed by atoms with Crippen molar-refractivity contribution in [2.75, 3.05) is 19.8 Å². The molecule has 0 bridgehead atoms. The van der Waals surface area contributed by atoms with E-state index < -0.39 is 102 Å². The van der Waals surface area contributed by atoms with E-state index >= 15 is 0 Å². The third kappa shape index (κ3) is 7.63. The smallest absolute Gasteiger partial charge is 0.369 e. The Kier molecular flexibility index (Phi) is 12.2. The van der Waals surface area contributed by atoms with Crippen LogP contribution in [-0.4, -0.2) is 102 Å². The number of alkyl halides is 24. The van der Waals surface area contributed by atoms with Gasteiger partial charge < -0.3 is 13.3 Å². The van der Waals surface area contributed by atoms with Crippen molar-refractivity contribution in [2.45, 2.75) is 72.6 Å². The number of hydrogen-bond acceptors (Lipinski definition) is 3. The average Bonchev–Trinajstić information content (AvgIpc) is 2.82. The van der Waals surface area contributed by atoms with Crippen LogP contribution in [0.3, 0.4) is 0 Å². The van der Waals surface area contributed by atoms with E-state index in [2.05, 4.69) is 13.3 Å². The van der Waals surface area contributed by atoms with E-state index in [1.165, 1.54) is 0 Å². The molecule has 0 aliphatic rings. The fourth-order valence-electron chi connectivity index (χ4n) is 2.08. The van der Waals surface area contributed by atoms with E-state index in [4.69, 9.17) is 0 Å². The van der Waals surface area contributed by atoms with Crippen LogP contribution in [0.1, 0.15) is 0 Å². The van der Waals surface area contributed by atoms with Gasteiger partial charge in [0.15, 0.2) is 0 Å². The standard InChI is InChI=1S/C15H10F24O3Si/c16-4(17)10(28,29)13(34,35)7(22,23)1-40-43(41-2-8(24,25)14(36,37)11(30,31)5(18)19)42-3-9(26,27)15(38,39)12(32,33)6(20)21/h4-6,43H,1-3H2. The molecule has 0 aromatic carbocycles. The highest BCUT2D eigenvalue weighted by molar-refractivity contribution is 6.36. The van der Waals surface area contributed by atoms with E-state index in [1.54, 1.807) is 0 Å². The summed E-state index contributed by atoms with van der Waals surface area (Å²) in [7, 11) is -6.22. The minimum Gasteiger partial charge on any atom is -0.369 e. The molecule has 0 heterocycles. The van der Waals surface area contributed by atoms with Crippen molar-refractivity contribution in [3.8, 4) is 0 Å². The van der Waals surface area contributed by atoms with Gasteiger partial charge in [0.1, 0.15) is 19.8 Å². The van der Waals surface area contributed by atoms with E-state index in [1.807, 2.05) is 0 Å². The molecule has 0 amide bonds. The Morgan fingerprint density at radius 3 is 0.651 bits per heavy atom. The summed E-state index contributed by atoms with van der Waals surface area (Å²) in [6, 6.07) is 0. The van der Waals surface area contributed by atoms with Crippen LogP contribution in [0.15, 0.2) is 0 Å². The lowest BCUT2D eigenvalue weighted by Crippen LogP contribution is -2.61. The SMILES string of the molecule is FC(F)C(F)(F)C(F)(F)C(F)(F)CO[SiH](OCC(F)(F)C(F)(F)C(F)(F)C(F)F)OCC(F)(F)C(F)(F)C(F)(F)C(F)F. The van der Waals surface area contributed by atoms with Crippen molar-refractivity contribution in [1.29, 1.82) is 0 Å². The Hall–Kier alpha value is -1.58. The van der Waals surface area contributed by atoms with Gasteiger partial charge in [-0.3, -0.25) is 0 Å². The van der Waals surface area contributed by atoms with E-state index in [0.29, 0.717) is 0 Å². The summed E-state index contributed by atoms with van der Waals surface area (Å²) in [6.45, 7) is -11.0. The van der Waals surface area contributed by atoms with Gasteiger partial charge >= 0.3 is 82.1 Å². The monoisotopic (exact) mass is 722 g/mol. The highest BCUT2D eigenvalue weighted by Crippen LogP contribution is 2.51. The maximum atomic E-state index is 13.6. The lowest BCUT2D eigenvalue weighted by Gasteiger charge is -2.35. The highest BCUT2D eigenvalue weighted by atomic mass is 28.3. The van der Waals surface area contributed by atoms with Gasteiger partial charge in [-0.15, -0.1) is 0 Å². The van der Waals surface area contributed by atoms with Gasteiger partial charge in [-0.2, -0.15) is 79.0 Å². The third-order valence-corrected chi connectivity index (χ3v) is 5.97. The summed E-state index contributed by atoms with van der Waals surface area (Å²) in [5.74, 6) is -63.1.